The number of hydrogen-bond acceptors (Lipinski definition) is 6. The number of nitrogens with zero attached hydrogens (tertiary/aromatic N) is 2. The van der Waals surface area contributed by atoms with Crippen LogP contribution in [0.5, 0.6) is 11.5 Å². The zero-order valence-electron chi connectivity index (χ0n) is 14.9. The van der Waals surface area contributed by atoms with Gasteiger partial charge in [-0.3, -0.25) is 10.1 Å². The number of amides is 1. The second-order valence-corrected chi connectivity index (χ2v) is 6.84. The lowest BCUT2D eigenvalue weighted by Crippen LogP contribution is -2.20. The van der Waals surface area contributed by atoms with E-state index in [1.54, 1.807) is 0 Å². The van der Waals surface area contributed by atoms with Gasteiger partial charge >= 0.3 is 0 Å². The second kappa shape index (κ2) is 8.59. The predicted octanol–water partition coefficient (Wildman–Crippen LogP) is 3.89. The standard InChI is InChI=1S/C19H18FN3O3S/c1-12-4-3-5-16(13(12)2)26-11-18-22-23-19(27-18)21-17(24)10-25-15-8-6-14(20)7-9-15/h3-9H,10-11H2,1-2H3,(H,21,23,24). The Morgan fingerprint density at radius 3 is 2.67 bits per heavy atom. The lowest BCUT2D eigenvalue weighted by molar-refractivity contribution is -0.118. The van der Waals surface area contributed by atoms with Crippen LogP contribution in [0.15, 0.2) is 42.5 Å². The van der Waals surface area contributed by atoms with Crippen molar-refractivity contribution < 1.29 is 18.7 Å². The van der Waals surface area contributed by atoms with Crippen molar-refractivity contribution in [3.8, 4) is 11.5 Å². The third-order valence-electron chi connectivity index (χ3n) is 3.80. The van der Waals surface area contributed by atoms with Gasteiger partial charge in [-0.25, -0.2) is 4.39 Å². The van der Waals surface area contributed by atoms with Crippen LogP contribution in [-0.4, -0.2) is 22.7 Å². The molecule has 3 aromatic rings. The average molecular weight is 387 g/mol. The fraction of sp³-hybridized carbons (Fsp3) is 0.211. The molecule has 140 valence electrons. The Morgan fingerprint density at radius 1 is 1.11 bits per heavy atom. The van der Waals surface area contributed by atoms with Crippen molar-refractivity contribution in [1.82, 2.24) is 10.2 Å². The zero-order valence-corrected chi connectivity index (χ0v) is 15.7. The van der Waals surface area contributed by atoms with Gasteiger partial charge in [-0.2, -0.15) is 0 Å². The van der Waals surface area contributed by atoms with Crippen LogP contribution in [0.3, 0.4) is 0 Å². The number of ether oxygens (including phenoxy) is 2. The maximum atomic E-state index is 12.8. The molecule has 27 heavy (non-hydrogen) atoms. The number of aromatic nitrogens is 2. The molecule has 0 saturated heterocycles. The van der Waals surface area contributed by atoms with Crippen LogP contribution in [0.4, 0.5) is 9.52 Å². The number of carbonyl (C=O) groups excluding carboxylic acids is 1. The number of hydrogen-bond donors (Lipinski definition) is 1. The molecular weight excluding hydrogens is 369 g/mol. The van der Waals surface area contributed by atoms with Crippen LogP contribution < -0.4 is 14.8 Å². The molecule has 6 nitrogen and oxygen atoms in total. The Labute approximate surface area is 160 Å². The number of aryl methyl sites for hydroxylation is 1. The third kappa shape index (κ3) is 5.24. The lowest BCUT2D eigenvalue weighted by Gasteiger charge is -2.09. The highest BCUT2D eigenvalue weighted by Gasteiger charge is 2.10. The van der Waals surface area contributed by atoms with Gasteiger partial charge in [0.25, 0.3) is 5.91 Å². The molecule has 0 radical (unpaired) electrons. The molecule has 0 aliphatic rings. The van der Waals surface area contributed by atoms with Crippen LogP contribution in [0.25, 0.3) is 0 Å². The van der Waals surface area contributed by atoms with E-state index in [-0.39, 0.29) is 24.9 Å². The second-order valence-electron chi connectivity index (χ2n) is 5.78. The lowest BCUT2D eigenvalue weighted by atomic mass is 10.1. The molecule has 3 rings (SSSR count). The van der Waals surface area contributed by atoms with Crippen molar-refractivity contribution in [1.29, 1.82) is 0 Å². The van der Waals surface area contributed by atoms with Gasteiger partial charge in [0.15, 0.2) is 11.6 Å². The van der Waals surface area contributed by atoms with Crippen molar-refractivity contribution in [2.45, 2.75) is 20.5 Å². The van der Waals surface area contributed by atoms with E-state index >= 15 is 0 Å². The number of halogens is 1. The molecule has 0 aliphatic heterocycles. The van der Waals surface area contributed by atoms with Crippen LogP contribution >= 0.6 is 11.3 Å². The maximum absolute atomic E-state index is 12.8. The van der Waals surface area contributed by atoms with Gasteiger partial charge < -0.3 is 9.47 Å². The molecule has 0 aliphatic carbocycles. The first-order valence-corrected chi connectivity index (χ1v) is 9.02. The van der Waals surface area contributed by atoms with Gasteiger partial charge in [-0.1, -0.05) is 23.5 Å². The minimum Gasteiger partial charge on any atom is -0.486 e. The summed E-state index contributed by atoms with van der Waals surface area (Å²) in [5.74, 6) is 0.462. The van der Waals surface area contributed by atoms with Crippen LogP contribution in [0.1, 0.15) is 16.1 Å². The molecular formula is C19H18FN3O3S. The Morgan fingerprint density at radius 2 is 1.89 bits per heavy atom. The molecule has 1 amide bonds. The van der Waals surface area contributed by atoms with Crippen LogP contribution in [-0.2, 0) is 11.4 Å². The summed E-state index contributed by atoms with van der Waals surface area (Å²) in [7, 11) is 0. The molecule has 1 heterocycles. The fourth-order valence-electron chi connectivity index (χ4n) is 2.22. The van der Waals surface area contributed by atoms with Gasteiger partial charge in [0.2, 0.25) is 5.13 Å². The predicted molar refractivity (Wildman–Crippen MR) is 101 cm³/mol. The van der Waals surface area contributed by atoms with Gasteiger partial charge in [0, 0.05) is 0 Å². The van der Waals surface area contributed by atoms with Crippen molar-refractivity contribution in [2.75, 3.05) is 11.9 Å². The minimum absolute atomic E-state index is 0.209. The van der Waals surface area contributed by atoms with Crippen LogP contribution in [0, 0.1) is 19.7 Å². The van der Waals surface area contributed by atoms with E-state index in [1.807, 2.05) is 32.0 Å². The summed E-state index contributed by atoms with van der Waals surface area (Å²) in [6.07, 6.45) is 0. The zero-order chi connectivity index (χ0) is 19.2. The smallest absolute Gasteiger partial charge is 0.264 e. The summed E-state index contributed by atoms with van der Waals surface area (Å²) >= 11 is 1.23. The average Bonchev–Trinajstić information content (AvgIpc) is 3.10. The molecule has 0 bridgehead atoms. The van der Waals surface area contributed by atoms with Gasteiger partial charge in [0.1, 0.15) is 23.9 Å². The first kappa shape index (κ1) is 18.8. The number of rotatable bonds is 7. The summed E-state index contributed by atoms with van der Waals surface area (Å²) in [6.45, 7) is 4.08. The summed E-state index contributed by atoms with van der Waals surface area (Å²) < 4.78 is 23.9. The van der Waals surface area contributed by atoms with Crippen molar-refractivity contribution in [3.05, 3.63) is 64.4 Å². The fourth-order valence-corrected chi connectivity index (χ4v) is 2.89. The Balaban J connectivity index is 1.49. The number of benzene rings is 2. The van der Waals surface area contributed by atoms with Crippen LogP contribution in [0.2, 0.25) is 0 Å². The van der Waals surface area contributed by atoms with E-state index in [1.165, 1.54) is 35.6 Å². The van der Waals surface area contributed by atoms with Gasteiger partial charge in [0.05, 0.1) is 0 Å². The Bertz CT molecular complexity index is 928. The van der Waals surface area contributed by atoms with E-state index < -0.39 is 0 Å². The van der Waals surface area contributed by atoms with E-state index in [0.29, 0.717) is 15.9 Å². The summed E-state index contributed by atoms with van der Waals surface area (Å²) in [5, 5.41) is 11.6. The van der Waals surface area contributed by atoms with E-state index in [4.69, 9.17) is 9.47 Å². The molecule has 0 spiro atoms. The quantitative estimate of drug-likeness (QED) is 0.666. The normalized spacial score (nSPS) is 10.5. The summed E-state index contributed by atoms with van der Waals surface area (Å²) in [4.78, 5) is 11.9. The first-order chi connectivity index (χ1) is 13.0. The summed E-state index contributed by atoms with van der Waals surface area (Å²) in [5.41, 5.74) is 2.23. The molecule has 0 saturated carbocycles. The highest BCUT2D eigenvalue weighted by Crippen LogP contribution is 2.23. The van der Waals surface area contributed by atoms with E-state index in [2.05, 4.69) is 15.5 Å². The van der Waals surface area contributed by atoms with Gasteiger partial charge in [-0.15, -0.1) is 10.2 Å². The Kier molecular flexibility index (Phi) is 5.97. The topological polar surface area (TPSA) is 73.3 Å². The minimum atomic E-state index is -0.377. The number of anilines is 1. The highest BCUT2D eigenvalue weighted by atomic mass is 32.1. The van der Waals surface area contributed by atoms with Crippen molar-refractivity contribution in [3.63, 3.8) is 0 Å². The summed E-state index contributed by atoms with van der Waals surface area (Å²) in [6, 6.07) is 11.3. The largest absolute Gasteiger partial charge is 0.486 e. The van der Waals surface area contributed by atoms with E-state index in [9.17, 15) is 9.18 Å². The number of nitrogens with one attached hydrogen (secondary N) is 1. The highest BCUT2D eigenvalue weighted by molar-refractivity contribution is 7.15. The molecule has 0 atom stereocenters. The number of carbonyl (C=O) groups is 1. The molecule has 2 aromatic carbocycles. The third-order valence-corrected chi connectivity index (χ3v) is 4.62. The monoisotopic (exact) mass is 387 g/mol. The SMILES string of the molecule is Cc1cccc(OCc2nnc(NC(=O)COc3ccc(F)cc3)s2)c1C. The van der Waals surface area contributed by atoms with Crippen molar-refractivity contribution in [2.24, 2.45) is 0 Å². The molecule has 1 N–H and O–H groups in total. The molecule has 0 fully saturated rings. The Hall–Kier alpha value is -3.00. The first-order valence-electron chi connectivity index (χ1n) is 8.21. The van der Waals surface area contributed by atoms with Gasteiger partial charge in [-0.05, 0) is 55.3 Å². The molecule has 1 aromatic heterocycles. The molecule has 8 heteroatoms. The molecule has 0 unspecified atom stereocenters. The van der Waals surface area contributed by atoms with E-state index in [0.717, 1.165) is 16.9 Å². The maximum Gasteiger partial charge on any atom is 0.264 e. The van der Waals surface area contributed by atoms with Crippen molar-refractivity contribution >= 4 is 22.4 Å².